The van der Waals surface area contributed by atoms with Crippen LogP contribution in [0.4, 0.5) is 0 Å². The zero-order valence-corrected chi connectivity index (χ0v) is 9.51. The molecule has 0 amide bonds. The summed E-state index contributed by atoms with van der Waals surface area (Å²) in [6, 6.07) is 0. The molecule has 0 aromatic rings. The van der Waals surface area contributed by atoms with Crippen molar-refractivity contribution in [2.45, 2.75) is 26.7 Å². The van der Waals surface area contributed by atoms with Crippen molar-refractivity contribution in [3.8, 4) is 0 Å². The molecule has 0 unspecified atom stereocenters. The number of aliphatic imine (C=N–C) groups is 1. The van der Waals surface area contributed by atoms with Crippen LogP contribution in [-0.4, -0.2) is 30.7 Å². The molecule has 2 heteroatoms. The van der Waals surface area contributed by atoms with E-state index in [0.717, 1.165) is 25.9 Å². The Morgan fingerprint density at radius 3 is 2.86 bits per heavy atom. The Kier molecular flexibility index (Phi) is 3.93. The van der Waals surface area contributed by atoms with Gasteiger partial charge in [0.15, 0.2) is 0 Å². The lowest BCUT2D eigenvalue weighted by atomic mass is 10.0. The summed E-state index contributed by atoms with van der Waals surface area (Å²) >= 11 is 0. The first-order valence-corrected chi connectivity index (χ1v) is 5.26. The normalized spacial score (nSPS) is 23.2. The van der Waals surface area contributed by atoms with E-state index >= 15 is 0 Å². The molecule has 0 N–H and O–H groups in total. The molecular weight excluding hydrogens is 172 g/mol. The van der Waals surface area contributed by atoms with Crippen molar-refractivity contribution in [2.75, 3.05) is 20.1 Å². The summed E-state index contributed by atoms with van der Waals surface area (Å²) in [7, 11) is 1.88. The van der Waals surface area contributed by atoms with E-state index in [1.165, 1.54) is 17.0 Å². The Morgan fingerprint density at radius 2 is 2.36 bits per heavy atom. The van der Waals surface area contributed by atoms with Gasteiger partial charge in [-0.05, 0) is 18.9 Å². The highest BCUT2D eigenvalue weighted by atomic mass is 15.1. The van der Waals surface area contributed by atoms with Crippen LogP contribution in [-0.2, 0) is 0 Å². The first kappa shape index (κ1) is 11.0. The number of likely N-dealkylation sites (tertiary alicyclic amines) is 1. The monoisotopic (exact) mass is 192 g/mol. The fourth-order valence-electron chi connectivity index (χ4n) is 1.78. The van der Waals surface area contributed by atoms with Gasteiger partial charge in [0.2, 0.25) is 0 Å². The molecule has 1 saturated heterocycles. The fourth-order valence-corrected chi connectivity index (χ4v) is 1.78. The van der Waals surface area contributed by atoms with Crippen LogP contribution < -0.4 is 0 Å². The molecule has 1 aliphatic rings. The van der Waals surface area contributed by atoms with E-state index < -0.39 is 0 Å². The van der Waals surface area contributed by atoms with E-state index in [4.69, 9.17) is 0 Å². The number of hydrogen-bond acceptors (Lipinski definition) is 2. The molecule has 0 spiro atoms. The summed E-state index contributed by atoms with van der Waals surface area (Å²) in [5.74, 6) is 0. The number of hydrogen-bond donors (Lipinski definition) is 0. The average Bonchev–Trinajstić information content (AvgIpc) is 2.26. The van der Waals surface area contributed by atoms with Gasteiger partial charge in [-0.1, -0.05) is 19.6 Å². The molecule has 1 heterocycles. The number of piperidine rings is 1. The highest BCUT2D eigenvalue weighted by Gasteiger charge is 2.18. The van der Waals surface area contributed by atoms with E-state index in [-0.39, 0.29) is 0 Å². The Morgan fingerprint density at radius 1 is 1.64 bits per heavy atom. The van der Waals surface area contributed by atoms with Crippen LogP contribution in [0.3, 0.4) is 0 Å². The summed E-state index contributed by atoms with van der Waals surface area (Å²) in [6.45, 7) is 10.4. The van der Waals surface area contributed by atoms with Crippen molar-refractivity contribution >= 4 is 5.71 Å². The standard InChI is InChI=1S/C12H20N2/c1-5-10(3)14-8-7-12(13-4)11(6-2)9-14/h6H,3,5,7-9H2,1-2,4H3/b11-6-,13-12?. The van der Waals surface area contributed by atoms with E-state index in [9.17, 15) is 0 Å². The highest BCUT2D eigenvalue weighted by Crippen LogP contribution is 2.18. The first-order valence-electron chi connectivity index (χ1n) is 5.26. The molecule has 0 bridgehead atoms. The van der Waals surface area contributed by atoms with Gasteiger partial charge in [0.25, 0.3) is 0 Å². The Bertz CT molecular complexity index is 274. The van der Waals surface area contributed by atoms with Crippen LogP contribution in [0.5, 0.6) is 0 Å². The van der Waals surface area contributed by atoms with Gasteiger partial charge in [-0.25, -0.2) is 0 Å². The molecule has 0 saturated carbocycles. The van der Waals surface area contributed by atoms with Gasteiger partial charge in [-0.2, -0.15) is 0 Å². The van der Waals surface area contributed by atoms with E-state index in [1.807, 2.05) is 7.05 Å². The first-order chi connectivity index (χ1) is 6.72. The summed E-state index contributed by atoms with van der Waals surface area (Å²) < 4.78 is 0. The minimum Gasteiger partial charge on any atom is -0.371 e. The molecule has 0 radical (unpaired) electrons. The molecule has 1 aliphatic heterocycles. The predicted molar refractivity (Wildman–Crippen MR) is 62.7 cm³/mol. The SMILES string of the molecule is C=C(CC)N1CCC(=NC)/C(=C\C)C1. The third-order valence-corrected chi connectivity index (χ3v) is 2.82. The van der Waals surface area contributed by atoms with Crippen LogP contribution >= 0.6 is 0 Å². The van der Waals surface area contributed by atoms with Gasteiger partial charge in [-0.3, -0.25) is 4.99 Å². The summed E-state index contributed by atoms with van der Waals surface area (Å²) in [5.41, 5.74) is 3.85. The zero-order valence-electron chi connectivity index (χ0n) is 9.51. The van der Waals surface area contributed by atoms with Crippen molar-refractivity contribution in [2.24, 2.45) is 4.99 Å². The quantitative estimate of drug-likeness (QED) is 0.656. The second kappa shape index (κ2) is 4.99. The molecule has 0 aromatic heterocycles. The number of nitrogens with zero attached hydrogens (tertiary/aromatic N) is 2. The van der Waals surface area contributed by atoms with Gasteiger partial charge < -0.3 is 4.90 Å². The Balaban J connectivity index is 2.72. The van der Waals surface area contributed by atoms with Crippen LogP contribution in [0.2, 0.25) is 0 Å². The van der Waals surface area contributed by atoms with Crippen LogP contribution in [0.1, 0.15) is 26.7 Å². The number of allylic oxidation sites excluding steroid dienone is 2. The summed E-state index contributed by atoms with van der Waals surface area (Å²) in [6.07, 6.45) is 4.25. The molecule has 14 heavy (non-hydrogen) atoms. The van der Waals surface area contributed by atoms with Crippen molar-refractivity contribution in [1.82, 2.24) is 4.90 Å². The lowest BCUT2D eigenvalue weighted by Crippen LogP contribution is -2.34. The van der Waals surface area contributed by atoms with Crippen LogP contribution in [0, 0.1) is 0 Å². The topological polar surface area (TPSA) is 15.6 Å². The molecule has 0 atom stereocenters. The molecule has 0 aliphatic carbocycles. The third kappa shape index (κ3) is 2.25. The summed E-state index contributed by atoms with van der Waals surface area (Å²) in [5, 5.41) is 0. The Hall–Kier alpha value is -1.05. The van der Waals surface area contributed by atoms with Gasteiger partial charge >= 0.3 is 0 Å². The maximum absolute atomic E-state index is 4.31. The van der Waals surface area contributed by atoms with E-state index in [2.05, 4.69) is 36.4 Å². The fraction of sp³-hybridized carbons (Fsp3) is 0.583. The lowest BCUT2D eigenvalue weighted by Gasteiger charge is -2.32. The minimum atomic E-state index is 0.982. The van der Waals surface area contributed by atoms with Crippen molar-refractivity contribution in [3.63, 3.8) is 0 Å². The molecule has 78 valence electrons. The largest absolute Gasteiger partial charge is 0.371 e. The maximum Gasteiger partial charge on any atom is 0.0441 e. The second-order valence-corrected chi connectivity index (χ2v) is 3.58. The minimum absolute atomic E-state index is 0.982. The molecule has 2 nitrogen and oxygen atoms in total. The van der Waals surface area contributed by atoms with Crippen LogP contribution in [0.25, 0.3) is 0 Å². The second-order valence-electron chi connectivity index (χ2n) is 3.58. The number of rotatable bonds is 2. The molecule has 1 rings (SSSR count). The van der Waals surface area contributed by atoms with Gasteiger partial charge in [-0.15, -0.1) is 0 Å². The third-order valence-electron chi connectivity index (χ3n) is 2.82. The van der Waals surface area contributed by atoms with Crippen molar-refractivity contribution in [1.29, 1.82) is 0 Å². The lowest BCUT2D eigenvalue weighted by molar-refractivity contribution is 0.365. The zero-order chi connectivity index (χ0) is 10.6. The molecular formula is C12H20N2. The smallest absolute Gasteiger partial charge is 0.0441 e. The summed E-state index contributed by atoms with van der Waals surface area (Å²) in [4.78, 5) is 6.66. The van der Waals surface area contributed by atoms with E-state index in [0.29, 0.717) is 0 Å². The predicted octanol–water partition coefficient (Wildman–Crippen LogP) is 2.63. The maximum atomic E-state index is 4.31. The van der Waals surface area contributed by atoms with E-state index in [1.54, 1.807) is 0 Å². The van der Waals surface area contributed by atoms with Gasteiger partial charge in [0, 0.05) is 38.0 Å². The van der Waals surface area contributed by atoms with Gasteiger partial charge in [0.1, 0.15) is 0 Å². The Labute approximate surface area is 87.0 Å². The molecule has 0 aromatic carbocycles. The highest BCUT2D eigenvalue weighted by molar-refractivity contribution is 6.01. The van der Waals surface area contributed by atoms with Gasteiger partial charge in [0.05, 0.1) is 0 Å². The van der Waals surface area contributed by atoms with Crippen molar-refractivity contribution in [3.05, 3.63) is 23.9 Å². The van der Waals surface area contributed by atoms with Crippen LogP contribution in [0.15, 0.2) is 28.9 Å². The van der Waals surface area contributed by atoms with Crippen molar-refractivity contribution < 1.29 is 0 Å². The molecule has 1 fully saturated rings. The average molecular weight is 192 g/mol.